The highest BCUT2D eigenvalue weighted by Crippen LogP contribution is 2.48. The van der Waals surface area contributed by atoms with Crippen LogP contribution in [0.5, 0.6) is 0 Å². The molecule has 0 radical (unpaired) electrons. The molecule has 0 aliphatic rings. The number of rotatable bonds is 3. The van der Waals surface area contributed by atoms with Crippen LogP contribution in [0.15, 0.2) is 162 Å². The monoisotopic (exact) mass is 559 g/mol. The maximum atomic E-state index is 9.61. The Morgan fingerprint density at radius 3 is 1.56 bits per heavy atom. The molecule has 0 atom stereocenters. The van der Waals surface area contributed by atoms with Crippen LogP contribution in [0.3, 0.4) is 0 Å². The van der Waals surface area contributed by atoms with Gasteiger partial charge in [-0.05, 0) is 77.8 Å². The lowest BCUT2D eigenvalue weighted by atomic mass is 9.83. The first-order valence-electron chi connectivity index (χ1n) is 20.2. The molecule has 1 heterocycles. The molecular formula is C42H26O. The Morgan fingerprint density at radius 2 is 0.884 bits per heavy atom. The Bertz CT molecular complexity index is 3170. The highest BCUT2D eigenvalue weighted by atomic mass is 16.3. The van der Waals surface area contributed by atoms with E-state index in [0.717, 1.165) is 0 Å². The Balaban J connectivity index is 1.54. The molecule has 0 aliphatic heterocycles. The fourth-order valence-electron chi connectivity index (χ4n) is 6.16. The van der Waals surface area contributed by atoms with Gasteiger partial charge < -0.3 is 4.42 Å². The predicted octanol–water partition coefficient (Wildman–Crippen LogP) is 12.0. The standard InChI is InChI=1S/C42H26O/c1-2-13-27(14-3-1)28-25-26-35(30-16-5-4-15-29(28)30)40-31-17-6-8-19-33(31)41(34-20-9-7-18-32(34)40)37-22-12-24-39-42(37)36-21-10-11-23-38(36)43-39/h1-26H/i4D,5D,10D,11D,12D,15D,16D,21D,22D,23D,24D,25D,26D. The molecule has 0 aliphatic carbocycles. The summed E-state index contributed by atoms with van der Waals surface area (Å²) in [5, 5.41) is 2.12. The van der Waals surface area contributed by atoms with E-state index in [0.29, 0.717) is 38.2 Å². The van der Waals surface area contributed by atoms with Crippen LogP contribution >= 0.6 is 0 Å². The average molecular weight is 560 g/mol. The summed E-state index contributed by atoms with van der Waals surface area (Å²) in [4.78, 5) is 0. The van der Waals surface area contributed by atoms with Gasteiger partial charge in [0.2, 0.25) is 0 Å². The van der Waals surface area contributed by atoms with Crippen molar-refractivity contribution in [3.8, 4) is 33.4 Å². The van der Waals surface area contributed by atoms with E-state index in [1.54, 1.807) is 78.9 Å². The lowest BCUT2D eigenvalue weighted by Gasteiger charge is -2.20. The van der Waals surface area contributed by atoms with Gasteiger partial charge in [0.1, 0.15) is 11.2 Å². The molecular weight excluding hydrogens is 520 g/mol. The van der Waals surface area contributed by atoms with Crippen LogP contribution in [-0.4, -0.2) is 0 Å². The second-order valence-corrected chi connectivity index (χ2v) is 10.2. The van der Waals surface area contributed by atoms with E-state index in [4.69, 9.17) is 16.8 Å². The van der Waals surface area contributed by atoms with Gasteiger partial charge in [-0.2, -0.15) is 0 Å². The number of hydrogen-bond acceptors (Lipinski definition) is 1. The summed E-state index contributed by atoms with van der Waals surface area (Å²) in [7, 11) is 0. The van der Waals surface area contributed by atoms with E-state index in [1.807, 2.05) is 0 Å². The average Bonchev–Trinajstić information content (AvgIpc) is 3.61. The lowest BCUT2D eigenvalue weighted by molar-refractivity contribution is 0.669. The molecule has 1 aromatic heterocycles. The summed E-state index contributed by atoms with van der Waals surface area (Å²) in [6, 6.07) is 17.4. The maximum absolute atomic E-state index is 9.61. The SMILES string of the molecule is [2H]c1c([2H])c([2H])c2c(oc3c([2H])c([2H])c([2H])c(-c4c5ccccc5c(-c5c([2H])c([2H])c(-c6ccccc6)c6c([2H])c([2H])c([2H])c([2H])c56)c5ccccc45)c32)c1[2H]. The van der Waals surface area contributed by atoms with Crippen LogP contribution in [-0.2, 0) is 0 Å². The summed E-state index contributed by atoms with van der Waals surface area (Å²) in [6.07, 6.45) is 0. The number of benzene rings is 8. The molecule has 0 N–H and O–H groups in total. The van der Waals surface area contributed by atoms with E-state index in [2.05, 4.69) is 0 Å². The van der Waals surface area contributed by atoms with Gasteiger partial charge in [-0.1, -0.05) is 145 Å². The van der Waals surface area contributed by atoms with E-state index in [-0.39, 0.29) is 79.6 Å². The van der Waals surface area contributed by atoms with E-state index in [1.165, 1.54) is 0 Å². The molecule has 200 valence electrons. The maximum Gasteiger partial charge on any atom is 0.136 e. The number of para-hydroxylation sites is 1. The van der Waals surface area contributed by atoms with Gasteiger partial charge in [0.05, 0.1) is 17.8 Å². The van der Waals surface area contributed by atoms with Gasteiger partial charge in [0.25, 0.3) is 0 Å². The quantitative estimate of drug-likeness (QED) is 0.196. The first-order chi connectivity index (χ1) is 26.8. The van der Waals surface area contributed by atoms with Gasteiger partial charge in [-0.3, -0.25) is 0 Å². The first kappa shape index (κ1) is 14.5. The summed E-state index contributed by atoms with van der Waals surface area (Å²) in [6.45, 7) is 0. The van der Waals surface area contributed by atoms with Crippen molar-refractivity contribution in [2.75, 3.05) is 0 Å². The van der Waals surface area contributed by atoms with Crippen LogP contribution in [0.25, 0.3) is 87.6 Å². The van der Waals surface area contributed by atoms with E-state index < -0.39 is 48.3 Å². The van der Waals surface area contributed by atoms with Crippen molar-refractivity contribution in [3.05, 3.63) is 157 Å². The molecule has 0 unspecified atom stereocenters. The molecule has 9 aromatic rings. The van der Waals surface area contributed by atoms with Crippen LogP contribution in [0.2, 0.25) is 0 Å². The van der Waals surface area contributed by atoms with Crippen LogP contribution in [0, 0.1) is 0 Å². The van der Waals surface area contributed by atoms with Gasteiger partial charge in [-0.15, -0.1) is 0 Å². The molecule has 0 saturated heterocycles. The van der Waals surface area contributed by atoms with Crippen molar-refractivity contribution in [1.82, 2.24) is 0 Å². The summed E-state index contributed by atoms with van der Waals surface area (Å²) in [5.74, 6) is 0. The fourth-order valence-corrected chi connectivity index (χ4v) is 6.16. The molecule has 0 amide bonds. The second-order valence-electron chi connectivity index (χ2n) is 10.2. The molecule has 0 fully saturated rings. The zero-order valence-electron chi connectivity index (χ0n) is 35.4. The van der Waals surface area contributed by atoms with Crippen molar-refractivity contribution in [3.63, 3.8) is 0 Å². The highest BCUT2D eigenvalue weighted by molar-refractivity contribution is 6.27. The van der Waals surface area contributed by atoms with Gasteiger partial charge in [-0.25, -0.2) is 0 Å². The molecule has 0 bridgehead atoms. The normalized spacial score (nSPS) is 16.0. The fraction of sp³-hybridized carbons (Fsp3) is 0. The van der Waals surface area contributed by atoms with E-state index >= 15 is 0 Å². The lowest BCUT2D eigenvalue weighted by Crippen LogP contribution is -1.92. The Labute approximate surface area is 267 Å². The second kappa shape index (κ2) is 9.44. The topological polar surface area (TPSA) is 13.1 Å². The third kappa shape index (κ3) is 3.58. The summed E-state index contributed by atoms with van der Waals surface area (Å²) in [5.41, 5.74) is 1.32. The van der Waals surface area contributed by atoms with Crippen LogP contribution in [0.1, 0.15) is 17.8 Å². The third-order valence-corrected chi connectivity index (χ3v) is 7.94. The predicted molar refractivity (Wildman–Crippen MR) is 183 cm³/mol. The van der Waals surface area contributed by atoms with Crippen molar-refractivity contribution in [2.24, 2.45) is 0 Å². The highest BCUT2D eigenvalue weighted by Gasteiger charge is 2.21. The van der Waals surface area contributed by atoms with Gasteiger partial charge in [0.15, 0.2) is 0 Å². The number of fused-ring (bicyclic) bond motifs is 6. The minimum atomic E-state index is -0.532. The minimum Gasteiger partial charge on any atom is -0.456 e. The number of hydrogen-bond donors (Lipinski definition) is 0. The Kier molecular flexibility index (Phi) is 3.18. The third-order valence-electron chi connectivity index (χ3n) is 7.94. The van der Waals surface area contributed by atoms with Crippen molar-refractivity contribution in [1.29, 1.82) is 0 Å². The van der Waals surface area contributed by atoms with Crippen LogP contribution in [0.4, 0.5) is 0 Å². The minimum absolute atomic E-state index is 0.0361. The largest absolute Gasteiger partial charge is 0.456 e. The van der Waals surface area contributed by atoms with Crippen molar-refractivity contribution in [2.45, 2.75) is 0 Å². The van der Waals surface area contributed by atoms with Gasteiger partial charge in [0, 0.05) is 10.8 Å². The van der Waals surface area contributed by atoms with Crippen molar-refractivity contribution < 1.29 is 22.2 Å². The number of furan rings is 1. The molecule has 1 heteroatoms. The summed E-state index contributed by atoms with van der Waals surface area (Å²) < 4.78 is 122. The molecule has 8 aromatic carbocycles. The Morgan fingerprint density at radius 1 is 0.372 bits per heavy atom. The van der Waals surface area contributed by atoms with E-state index in [9.17, 15) is 5.48 Å². The Hall–Kier alpha value is -5.66. The summed E-state index contributed by atoms with van der Waals surface area (Å²) >= 11 is 0. The molecule has 9 rings (SSSR count). The van der Waals surface area contributed by atoms with Crippen LogP contribution < -0.4 is 0 Å². The molecule has 0 spiro atoms. The zero-order valence-corrected chi connectivity index (χ0v) is 22.4. The van der Waals surface area contributed by atoms with Crippen molar-refractivity contribution >= 4 is 54.3 Å². The zero-order chi connectivity index (χ0) is 39.6. The smallest absolute Gasteiger partial charge is 0.136 e. The van der Waals surface area contributed by atoms with Gasteiger partial charge >= 0.3 is 0 Å². The molecule has 43 heavy (non-hydrogen) atoms. The molecule has 1 nitrogen and oxygen atoms in total. The first-order valence-corrected chi connectivity index (χ1v) is 13.7. The molecule has 0 saturated carbocycles.